The first-order valence-corrected chi connectivity index (χ1v) is 4.74. The smallest absolute Gasteiger partial charge is 0.319 e. The number of amides is 2. The number of benzene rings is 1. The van der Waals surface area contributed by atoms with Gasteiger partial charge < -0.3 is 16.4 Å². The Morgan fingerprint density at radius 1 is 1.44 bits per heavy atom. The molecular formula is C10H13F2N3O. The third kappa shape index (κ3) is 4.22. The molecule has 0 aliphatic rings. The van der Waals surface area contributed by atoms with Crippen molar-refractivity contribution in [2.75, 3.05) is 11.9 Å². The quantitative estimate of drug-likeness (QED) is 0.733. The van der Waals surface area contributed by atoms with Crippen molar-refractivity contribution in [1.82, 2.24) is 5.32 Å². The summed E-state index contributed by atoms with van der Waals surface area (Å²) in [5.41, 5.74) is 6.80. The summed E-state index contributed by atoms with van der Waals surface area (Å²) in [5, 5.41) is 4.47. The second kappa shape index (κ2) is 6.02. The van der Waals surface area contributed by atoms with E-state index in [4.69, 9.17) is 5.73 Å². The van der Waals surface area contributed by atoms with Crippen LogP contribution in [-0.4, -0.2) is 19.0 Å². The number of carbonyl (C=O) groups excluding carboxylic acids is 1. The third-order valence-corrected chi connectivity index (χ3v) is 1.84. The summed E-state index contributed by atoms with van der Waals surface area (Å²) in [7, 11) is 0. The Balaban J connectivity index is 2.49. The predicted molar refractivity (Wildman–Crippen MR) is 57.4 cm³/mol. The maximum atomic E-state index is 11.8. The number of carbonyl (C=O) groups is 1. The number of rotatable bonds is 4. The lowest BCUT2D eigenvalue weighted by molar-refractivity contribution is 0.148. The summed E-state index contributed by atoms with van der Waals surface area (Å²) in [6.45, 7) is -0.309. The first-order chi connectivity index (χ1) is 7.61. The van der Waals surface area contributed by atoms with Gasteiger partial charge in [0.2, 0.25) is 0 Å². The number of nitrogens with two attached hydrogens (primary N) is 1. The summed E-state index contributed by atoms with van der Waals surface area (Å²) in [5.74, 6) is 0. The van der Waals surface area contributed by atoms with Crippen molar-refractivity contribution in [3.05, 3.63) is 29.8 Å². The first kappa shape index (κ1) is 12.4. The molecule has 16 heavy (non-hydrogen) atoms. The number of halogens is 2. The molecule has 88 valence electrons. The molecule has 0 spiro atoms. The van der Waals surface area contributed by atoms with E-state index >= 15 is 0 Å². The predicted octanol–water partition coefficient (Wildman–Crippen LogP) is 1.53. The topological polar surface area (TPSA) is 67.1 Å². The van der Waals surface area contributed by atoms with Gasteiger partial charge in [0, 0.05) is 12.2 Å². The minimum Gasteiger partial charge on any atom is -0.332 e. The fourth-order valence-electron chi connectivity index (χ4n) is 1.12. The SMILES string of the molecule is NCc1cccc(NC(=O)NCC(F)F)c1. The normalized spacial score (nSPS) is 10.2. The largest absolute Gasteiger partial charge is 0.332 e. The van der Waals surface area contributed by atoms with Gasteiger partial charge in [-0.15, -0.1) is 0 Å². The summed E-state index contributed by atoms with van der Waals surface area (Å²) in [4.78, 5) is 11.1. The number of hydrogen-bond acceptors (Lipinski definition) is 2. The van der Waals surface area contributed by atoms with Crippen LogP contribution >= 0.6 is 0 Å². The lowest BCUT2D eigenvalue weighted by Crippen LogP contribution is -2.32. The van der Waals surface area contributed by atoms with Crippen molar-refractivity contribution in [1.29, 1.82) is 0 Å². The molecule has 0 heterocycles. The number of nitrogens with one attached hydrogen (secondary N) is 2. The Kier molecular flexibility index (Phi) is 4.65. The summed E-state index contributed by atoms with van der Waals surface area (Å²) in [6.07, 6.45) is -2.55. The van der Waals surface area contributed by atoms with Crippen molar-refractivity contribution < 1.29 is 13.6 Å². The third-order valence-electron chi connectivity index (χ3n) is 1.84. The molecule has 0 saturated carbocycles. The molecule has 1 aromatic rings. The van der Waals surface area contributed by atoms with E-state index in [0.717, 1.165) is 5.56 Å². The van der Waals surface area contributed by atoms with Gasteiger partial charge in [-0.1, -0.05) is 12.1 Å². The van der Waals surface area contributed by atoms with Gasteiger partial charge in [0.15, 0.2) is 0 Å². The monoisotopic (exact) mass is 229 g/mol. The van der Waals surface area contributed by atoms with E-state index in [2.05, 4.69) is 5.32 Å². The van der Waals surface area contributed by atoms with Crippen LogP contribution in [0.15, 0.2) is 24.3 Å². The van der Waals surface area contributed by atoms with Gasteiger partial charge in [-0.2, -0.15) is 0 Å². The zero-order valence-corrected chi connectivity index (χ0v) is 8.54. The molecule has 0 bridgehead atoms. The van der Waals surface area contributed by atoms with E-state index < -0.39 is 19.0 Å². The Morgan fingerprint density at radius 3 is 2.81 bits per heavy atom. The Labute approximate surface area is 91.8 Å². The van der Waals surface area contributed by atoms with Crippen LogP contribution in [0.2, 0.25) is 0 Å². The van der Waals surface area contributed by atoms with Crippen molar-refractivity contribution in [2.45, 2.75) is 13.0 Å². The lowest BCUT2D eigenvalue weighted by Gasteiger charge is -2.07. The summed E-state index contributed by atoms with van der Waals surface area (Å²) in [6, 6.07) is 6.21. The van der Waals surface area contributed by atoms with E-state index in [1.54, 1.807) is 18.2 Å². The van der Waals surface area contributed by atoms with E-state index in [9.17, 15) is 13.6 Å². The maximum absolute atomic E-state index is 11.8. The number of alkyl halides is 2. The minimum absolute atomic E-state index is 0.355. The first-order valence-electron chi connectivity index (χ1n) is 4.74. The highest BCUT2D eigenvalue weighted by atomic mass is 19.3. The summed E-state index contributed by atoms with van der Waals surface area (Å²) >= 11 is 0. The van der Waals surface area contributed by atoms with Gasteiger partial charge in [-0.25, -0.2) is 13.6 Å². The van der Waals surface area contributed by atoms with Crippen LogP contribution < -0.4 is 16.4 Å². The van der Waals surface area contributed by atoms with Crippen LogP contribution in [0.4, 0.5) is 19.3 Å². The molecule has 4 nitrogen and oxygen atoms in total. The van der Waals surface area contributed by atoms with Gasteiger partial charge in [-0.05, 0) is 17.7 Å². The van der Waals surface area contributed by atoms with Crippen LogP contribution in [0.3, 0.4) is 0 Å². The number of anilines is 1. The second-order valence-corrected chi connectivity index (χ2v) is 3.13. The molecule has 0 aliphatic carbocycles. The van der Waals surface area contributed by atoms with Gasteiger partial charge in [0.05, 0.1) is 6.54 Å². The average Bonchev–Trinajstić information content (AvgIpc) is 2.26. The molecule has 0 aliphatic heterocycles. The van der Waals surface area contributed by atoms with Gasteiger partial charge >= 0.3 is 6.03 Å². The number of urea groups is 1. The Morgan fingerprint density at radius 2 is 2.19 bits per heavy atom. The molecule has 0 unspecified atom stereocenters. The molecule has 1 rings (SSSR count). The zero-order chi connectivity index (χ0) is 12.0. The van der Waals surface area contributed by atoms with Crippen molar-refractivity contribution >= 4 is 11.7 Å². The Bertz CT molecular complexity index is 358. The van der Waals surface area contributed by atoms with E-state index in [-0.39, 0.29) is 0 Å². The van der Waals surface area contributed by atoms with Gasteiger partial charge in [-0.3, -0.25) is 0 Å². The molecule has 2 amide bonds. The van der Waals surface area contributed by atoms with Gasteiger partial charge in [0.25, 0.3) is 6.43 Å². The van der Waals surface area contributed by atoms with E-state index in [0.29, 0.717) is 12.2 Å². The fraction of sp³-hybridized carbons (Fsp3) is 0.300. The standard InChI is InChI=1S/C10H13F2N3O/c11-9(12)6-14-10(16)15-8-3-1-2-7(4-8)5-13/h1-4,9H,5-6,13H2,(H2,14,15,16). The number of hydrogen-bond donors (Lipinski definition) is 3. The van der Waals surface area contributed by atoms with E-state index in [1.807, 2.05) is 11.4 Å². The van der Waals surface area contributed by atoms with Crippen LogP contribution in [0.1, 0.15) is 5.56 Å². The molecule has 0 radical (unpaired) electrons. The molecule has 0 fully saturated rings. The van der Waals surface area contributed by atoms with Crippen LogP contribution in [0.25, 0.3) is 0 Å². The highest BCUT2D eigenvalue weighted by Gasteiger charge is 2.06. The van der Waals surface area contributed by atoms with Crippen molar-refractivity contribution in [3.63, 3.8) is 0 Å². The molecular weight excluding hydrogens is 216 g/mol. The van der Waals surface area contributed by atoms with Crippen LogP contribution in [0.5, 0.6) is 0 Å². The minimum atomic E-state index is -2.55. The molecule has 0 atom stereocenters. The molecule has 0 aromatic heterocycles. The molecule has 1 aromatic carbocycles. The maximum Gasteiger partial charge on any atom is 0.319 e. The fourth-order valence-corrected chi connectivity index (χ4v) is 1.12. The molecule has 4 N–H and O–H groups in total. The zero-order valence-electron chi connectivity index (χ0n) is 8.54. The van der Waals surface area contributed by atoms with Crippen LogP contribution in [0, 0.1) is 0 Å². The highest BCUT2D eigenvalue weighted by molar-refractivity contribution is 5.89. The van der Waals surface area contributed by atoms with Gasteiger partial charge in [0.1, 0.15) is 0 Å². The lowest BCUT2D eigenvalue weighted by atomic mass is 10.2. The second-order valence-electron chi connectivity index (χ2n) is 3.13. The van der Waals surface area contributed by atoms with E-state index in [1.165, 1.54) is 0 Å². The van der Waals surface area contributed by atoms with Crippen molar-refractivity contribution in [2.24, 2.45) is 5.73 Å². The highest BCUT2D eigenvalue weighted by Crippen LogP contribution is 2.09. The Hall–Kier alpha value is -1.69. The van der Waals surface area contributed by atoms with Crippen LogP contribution in [-0.2, 0) is 6.54 Å². The average molecular weight is 229 g/mol. The summed E-state index contributed by atoms with van der Waals surface area (Å²) < 4.78 is 23.6. The van der Waals surface area contributed by atoms with Crippen molar-refractivity contribution in [3.8, 4) is 0 Å². The molecule has 0 saturated heterocycles. The molecule has 6 heteroatoms.